The minimum atomic E-state index is -3.79. The Morgan fingerprint density at radius 3 is 2.68 bits per heavy atom. The molecule has 0 radical (unpaired) electrons. The predicted octanol–water partition coefficient (Wildman–Crippen LogP) is 3.67. The quantitative estimate of drug-likeness (QED) is 0.803. The number of amides is 1. The summed E-state index contributed by atoms with van der Waals surface area (Å²) in [6.07, 6.45) is 3.36. The van der Waals surface area contributed by atoms with Crippen molar-refractivity contribution < 1.29 is 17.9 Å². The number of hydrogen-bond donors (Lipinski definition) is 1. The standard InChI is InChI=1S/C21H24N2O4S/c1-3-21(24)23-11-10-16-12-17(7-8-18(16)23)22-28(25,26)20-13-15(14-4-5-14)6-9-19(20)27-2/h6-9,12-14,22H,3-5,10-11H2,1-2H3. The second-order valence-corrected chi connectivity index (χ2v) is 8.93. The number of nitrogens with one attached hydrogen (secondary N) is 1. The lowest BCUT2D eigenvalue weighted by atomic mass is 10.1. The van der Waals surface area contributed by atoms with Crippen LogP contribution in [0.3, 0.4) is 0 Å². The molecule has 2 aromatic rings. The Balaban J connectivity index is 1.62. The smallest absolute Gasteiger partial charge is 0.265 e. The van der Waals surface area contributed by atoms with Gasteiger partial charge in [0.05, 0.1) is 7.11 Å². The first kappa shape index (κ1) is 18.8. The van der Waals surface area contributed by atoms with Crippen molar-refractivity contribution >= 4 is 27.3 Å². The highest BCUT2D eigenvalue weighted by atomic mass is 32.2. The SMILES string of the molecule is CCC(=O)N1CCc2cc(NS(=O)(=O)c3cc(C4CC4)ccc3OC)ccc21. The van der Waals surface area contributed by atoms with E-state index in [1.807, 2.05) is 25.1 Å². The van der Waals surface area contributed by atoms with Gasteiger partial charge in [-0.1, -0.05) is 13.0 Å². The van der Waals surface area contributed by atoms with Gasteiger partial charge in [-0.15, -0.1) is 0 Å². The average Bonchev–Trinajstić information content (AvgIpc) is 3.46. The van der Waals surface area contributed by atoms with Gasteiger partial charge in [0, 0.05) is 24.3 Å². The van der Waals surface area contributed by atoms with Crippen molar-refractivity contribution in [1.29, 1.82) is 0 Å². The van der Waals surface area contributed by atoms with E-state index in [9.17, 15) is 13.2 Å². The van der Waals surface area contributed by atoms with Gasteiger partial charge in [-0.25, -0.2) is 8.42 Å². The van der Waals surface area contributed by atoms with Gasteiger partial charge < -0.3 is 9.64 Å². The Bertz CT molecular complexity index is 1030. The Morgan fingerprint density at radius 1 is 1.21 bits per heavy atom. The molecule has 0 saturated heterocycles. The summed E-state index contributed by atoms with van der Waals surface area (Å²) in [6.45, 7) is 2.47. The van der Waals surface area contributed by atoms with Crippen LogP contribution in [0.15, 0.2) is 41.3 Å². The zero-order chi connectivity index (χ0) is 19.9. The summed E-state index contributed by atoms with van der Waals surface area (Å²) in [6, 6.07) is 10.7. The number of fused-ring (bicyclic) bond motifs is 1. The minimum Gasteiger partial charge on any atom is -0.495 e. The lowest BCUT2D eigenvalue weighted by Crippen LogP contribution is -2.27. The summed E-state index contributed by atoms with van der Waals surface area (Å²) in [5, 5.41) is 0. The van der Waals surface area contributed by atoms with E-state index in [1.54, 1.807) is 23.1 Å². The first-order valence-corrected chi connectivity index (χ1v) is 11.1. The number of ether oxygens (including phenoxy) is 1. The molecule has 1 heterocycles. The lowest BCUT2D eigenvalue weighted by molar-refractivity contribution is -0.118. The Hall–Kier alpha value is -2.54. The van der Waals surface area contributed by atoms with Crippen LogP contribution in [0.2, 0.25) is 0 Å². The first-order chi connectivity index (χ1) is 13.4. The molecule has 0 atom stereocenters. The molecule has 2 aromatic carbocycles. The van der Waals surface area contributed by atoms with Crippen molar-refractivity contribution in [2.24, 2.45) is 0 Å². The topological polar surface area (TPSA) is 75.7 Å². The highest BCUT2D eigenvalue weighted by molar-refractivity contribution is 7.92. The number of sulfonamides is 1. The van der Waals surface area contributed by atoms with Crippen LogP contribution in [-0.2, 0) is 21.2 Å². The number of carbonyl (C=O) groups is 1. The summed E-state index contributed by atoms with van der Waals surface area (Å²) < 4.78 is 34.0. The highest BCUT2D eigenvalue weighted by Gasteiger charge is 2.28. The van der Waals surface area contributed by atoms with Gasteiger partial charge in [0.2, 0.25) is 5.91 Å². The van der Waals surface area contributed by atoms with Crippen LogP contribution in [-0.4, -0.2) is 28.0 Å². The molecular weight excluding hydrogens is 376 g/mol. The van der Waals surface area contributed by atoms with E-state index in [1.165, 1.54) is 7.11 Å². The molecule has 1 saturated carbocycles. The number of benzene rings is 2. The molecule has 2 aliphatic rings. The van der Waals surface area contributed by atoms with Crippen molar-refractivity contribution in [2.45, 2.75) is 43.4 Å². The van der Waals surface area contributed by atoms with Crippen LogP contribution in [0.25, 0.3) is 0 Å². The molecule has 0 unspecified atom stereocenters. The van der Waals surface area contributed by atoms with Crippen molar-refractivity contribution in [3.05, 3.63) is 47.5 Å². The average molecular weight is 401 g/mol. The molecule has 4 rings (SSSR count). The van der Waals surface area contributed by atoms with Crippen molar-refractivity contribution in [3.63, 3.8) is 0 Å². The van der Waals surface area contributed by atoms with Crippen LogP contribution in [0.4, 0.5) is 11.4 Å². The molecule has 1 amide bonds. The number of methoxy groups -OCH3 is 1. The van der Waals surface area contributed by atoms with Gasteiger partial charge >= 0.3 is 0 Å². The molecular formula is C21H24N2O4S. The fraction of sp³-hybridized carbons (Fsp3) is 0.381. The Labute approximate surface area is 165 Å². The number of nitrogens with zero attached hydrogens (tertiary/aromatic N) is 1. The van der Waals surface area contributed by atoms with Crippen molar-refractivity contribution in [1.82, 2.24) is 0 Å². The lowest BCUT2D eigenvalue weighted by Gasteiger charge is -2.17. The molecule has 6 nitrogen and oxygen atoms in total. The summed E-state index contributed by atoms with van der Waals surface area (Å²) in [5.41, 5.74) is 3.36. The minimum absolute atomic E-state index is 0.0775. The zero-order valence-electron chi connectivity index (χ0n) is 16.1. The number of hydrogen-bond acceptors (Lipinski definition) is 4. The van der Waals surface area contributed by atoms with E-state index in [0.717, 1.165) is 36.1 Å². The van der Waals surface area contributed by atoms with Crippen LogP contribution in [0.5, 0.6) is 5.75 Å². The van der Waals surface area contributed by atoms with E-state index >= 15 is 0 Å². The second kappa shape index (κ2) is 7.13. The summed E-state index contributed by atoms with van der Waals surface area (Å²) >= 11 is 0. The third-order valence-electron chi connectivity index (χ3n) is 5.36. The number of rotatable bonds is 6. The second-order valence-electron chi connectivity index (χ2n) is 7.28. The summed E-state index contributed by atoms with van der Waals surface area (Å²) in [4.78, 5) is 14.0. The maximum Gasteiger partial charge on any atom is 0.265 e. The van der Waals surface area contributed by atoms with Gasteiger partial charge in [-0.3, -0.25) is 9.52 Å². The van der Waals surface area contributed by atoms with Crippen LogP contribution >= 0.6 is 0 Å². The van der Waals surface area contributed by atoms with Gasteiger partial charge in [-0.2, -0.15) is 0 Å². The van der Waals surface area contributed by atoms with Crippen LogP contribution < -0.4 is 14.4 Å². The first-order valence-electron chi connectivity index (χ1n) is 9.57. The molecule has 0 spiro atoms. The Kier molecular flexibility index (Phi) is 4.79. The van der Waals surface area contributed by atoms with E-state index in [-0.39, 0.29) is 10.8 Å². The Morgan fingerprint density at radius 2 is 2.00 bits per heavy atom. The highest BCUT2D eigenvalue weighted by Crippen LogP contribution is 2.42. The van der Waals surface area contributed by atoms with Crippen LogP contribution in [0.1, 0.15) is 43.2 Å². The van der Waals surface area contributed by atoms with E-state index in [0.29, 0.717) is 30.3 Å². The van der Waals surface area contributed by atoms with E-state index in [2.05, 4.69) is 4.72 Å². The zero-order valence-corrected chi connectivity index (χ0v) is 16.9. The maximum absolute atomic E-state index is 13.0. The van der Waals surface area contributed by atoms with Crippen molar-refractivity contribution in [2.75, 3.05) is 23.3 Å². The van der Waals surface area contributed by atoms with Gasteiger partial charge in [0.15, 0.2) is 0 Å². The van der Waals surface area contributed by atoms with E-state index < -0.39 is 10.0 Å². The number of carbonyl (C=O) groups excluding carboxylic acids is 1. The summed E-state index contributed by atoms with van der Waals surface area (Å²) in [7, 11) is -2.32. The molecule has 7 heteroatoms. The molecule has 1 fully saturated rings. The van der Waals surface area contributed by atoms with Gasteiger partial charge in [-0.05, 0) is 66.6 Å². The fourth-order valence-electron chi connectivity index (χ4n) is 3.70. The van der Waals surface area contributed by atoms with Crippen LogP contribution in [0, 0.1) is 0 Å². The van der Waals surface area contributed by atoms with Gasteiger partial charge in [0.25, 0.3) is 10.0 Å². The molecule has 148 valence electrons. The number of anilines is 2. The molecule has 0 aromatic heterocycles. The molecule has 0 bridgehead atoms. The molecule has 28 heavy (non-hydrogen) atoms. The summed E-state index contributed by atoms with van der Waals surface area (Å²) in [5.74, 6) is 0.855. The third-order valence-corrected chi connectivity index (χ3v) is 6.76. The molecule has 1 aliphatic carbocycles. The van der Waals surface area contributed by atoms with E-state index in [4.69, 9.17) is 4.74 Å². The van der Waals surface area contributed by atoms with Crippen molar-refractivity contribution in [3.8, 4) is 5.75 Å². The monoisotopic (exact) mass is 400 g/mol. The third kappa shape index (κ3) is 3.46. The largest absolute Gasteiger partial charge is 0.495 e. The molecule has 1 N–H and O–H groups in total. The molecule has 1 aliphatic heterocycles. The van der Waals surface area contributed by atoms with Gasteiger partial charge in [0.1, 0.15) is 10.6 Å². The normalized spacial score (nSPS) is 16.0. The predicted molar refractivity (Wildman–Crippen MR) is 109 cm³/mol. The fourth-order valence-corrected chi connectivity index (χ4v) is 4.95. The maximum atomic E-state index is 13.0.